The van der Waals surface area contributed by atoms with Crippen LogP contribution in [0, 0.1) is 26.1 Å². The molecule has 15 heavy (non-hydrogen) atoms. The van der Waals surface area contributed by atoms with Gasteiger partial charge in [-0.3, -0.25) is 20.2 Å². The second-order valence-corrected chi connectivity index (χ2v) is 2.88. The molecule has 0 heterocycles. The van der Waals surface area contributed by atoms with Crippen LogP contribution in [-0.4, -0.2) is 27.0 Å². The molecule has 0 spiro atoms. The number of aliphatic hydroxyl groups is 1. The number of hydrogen-bond acceptors (Lipinski definition) is 6. The van der Waals surface area contributed by atoms with Crippen molar-refractivity contribution in [2.24, 2.45) is 5.92 Å². The van der Waals surface area contributed by atoms with Crippen molar-refractivity contribution in [1.29, 1.82) is 0 Å². The van der Waals surface area contributed by atoms with Crippen LogP contribution in [0.1, 0.15) is 0 Å². The summed E-state index contributed by atoms with van der Waals surface area (Å²) in [6.45, 7) is 0. The van der Waals surface area contributed by atoms with Crippen LogP contribution in [0.25, 0.3) is 0 Å². The number of aldehydes is 1. The zero-order valence-corrected chi connectivity index (χ0v) is 7.27. The Kier molecular flexibility index (Phi) is 2.62. The quantitative estimate of drug-likeness (QED) is 0.292. The fraction of sp³-hybridized carbons (Fsp3) is 0.286. The first-order valence-corrected chi connectivity index (χ1v) is 3.79. The Bertz CT molecular complexity index is 387. The van der Waals surface area contributed by atoms with Gasteiger partial charge in [-0.15, -0.1) is 0 Å². The highest BCUT2D eigenvalue weighted by Crippen LogP contribution is 2.26. The Labute approximate surface area is 82.8 Å². The fourth-order valence-corrected chi connectivity index (χ4v) is 1.13. The van der Waals surface area contributed by atoms with E-state index < -0.39 is 27.2 Å². The Hall–Kier alpha value is -2.09. The molecule has 0 amide bonds. The molecule has 8 heteroatoms. The van der Waals surface area contributed by atoms with Gasteiger partial charge in [0.05, 0.1) is 9.85 Å². The lowest BCUT2D eigenvalue weighted by Gasteiger charge is -2.20. The fourth-order valence-electron chi connectivity index (χ4n) is 1.13. The van der Waals surface area contributed by atoms with E-state index in [4.69, 9.17) is 0 Å². The summed E-state index contributed by atoms with van der Waals surface area (Å²) in [7, 11) is 0. The van der Waals surface area contributed by atoms with Crippen LogP contribution < -0.4 is 0 Å². The summed E-state index contributed by atoms with van der Waals surface area (Å²) in [5.41, 5.74) is -3.06. The molecule has 8 nitrogen and oxygen atoms in total. The SMILES string of the molecule is O=CC1C=C([N+](=O)[O-])C=CC1(O)[N+](=O)[O-]. The molecule has 0 bridgehead atoms. The summed E-state index contributed by atoms with van der Waals surface area (Å²) in [6, 6.07) is 0. The first kappa shape index (κ1) is 11.0. The molecular formula is C7H6N2O6. The monoisotopic (exact) mass is 214 g/mol. The van der Waals surface area contributed by atoms with E-state index in [0.29, 0.717) is 6.08 Å². The molecule has 0 aliphatic heterocycles. The molecule has 0 fully saturated rings. The first-order chi connectivity index (χ1) is 6.91. The summed E-state index contributed by atoms with van der Waals surface area (Å²) < 4.78 is 0. The van der Waals surface area contributed by atoms with Gasteiger partial charge in [0.2, 0.25) is 0 Å². The van der Waals surface area contributed by atoms with Gasteiger partial charge in [0, 0.05) is 18.2 Å². The highest BCUT2D eigenvalue weighted by atomic mass is 16.7. The second-order valence-electron chi connectivity index (χ2n) is 2.88. The molecular weight excluding hydrogens is 208 g/mol. The van der Waals surface area contributed by atoms with E-state index in [2.05, 4.69) is 0 Å². The number of nitro groups is 2. The van der Waals surface area contributed by atoms with Gasteiger partial charge in [0.25, 0.3) is 5.70 Å². The number of nitrogens with zero attached hydrogens (tertiary/aromatic N) is 2. The van der Waals surface area contributed by atoms with E-state index in [1.165, 1.54) is 0 Å². The average Bonchev–Trinajstić information content (AvgIpc) is 2.17. The van der Waals surface area contributed by atoms with Crippen LogP contribution in [0.15, 0.2) is 23.9 Å². The van der Waals surface area contributed by atoms with Gasteiger partial charge in [-0.1, -0.05) is 0 Å². The summed E-state index contributed by atoms with van der Waals surface area (Å²) in [6.07, 6.45) is 2.26. The predicted molar refractivity (Wildman–Crippen MR) is 45.7 cm³/mol. The van der Waals surface area contributed by atoms with Crippen LogP contribution in [0.2, 0.25) is 0 Å². The average molecular weight is 214 g/mol. The molecule has 1 aliphatic carbocycles. The number of hydrogen-bond donors (Lipinski definition) is 1. The number of carbonyl (C=O) groups is 1. The van der Waals surface area contributed by atoms with Gasteiger partial charge in [-0.2, -0.15) is 0 Å². The highest BCUT2D eigenvalue weighted by Gasteiger charge is 2.49. The molecule has 1 aliphatic rings. The molecule has 0 radical (unpaired) electrons. The Morgan fingerprint density at radius 1 is 1.47 bits per heavy atom. The molecule has 0 saturated heterocycles. The van der Waals surface area contributed by atoms with Crippen LogP contribution in [0.4, 0.5) is 0 Å². The van der Waals surface area contributed by atoms with E-state index in [1.54, 1.807) is 0 Å². The van der Waals surface area contributed by atoms with Gasteiger partial charge >= 0.3 is 5.72 Å². The molecule has 0 aromatic heterocycles. The maximum Gasteiger partial charge on any atom is 0.355 e. The van der Waals surface area contributed by atoms with Gasteiger partial charge < -0.3 is 9.90 Å². The molecule has 80 valence electrons. The van der Waals surface area contributed by atoms with Gasteiger partial charge in [0.15, 0.2) is 0 Å². The molecule has 2 atom stereocenters. The molecule has 1 rings (SSSR count). The lowest BCUT2D eigenvalue weighted by atomic mass is 9.92. The van der Waals surface area contributed by atoms with E-state index >= 15 is 0 Å². The van der Waals surface area contributed by atoms with Crippen molar-refractivity contribution in [1.82, 2.24) is 0 Å². The van der Waals surface area contributed by atoms with Crippen LogP contribution >= 0.6 is 0 Å². The Morgan fingerprint density at radius 2 is 2.07 bits per heavy atom. The predicted octanol–water partition coefficient (Wildman–Crippen LogP) is -0.503. The van der Waals surface area contributed by atoms with Crippen molar-refractivity contribution in [2.45, 2.75) is 5.72 Å². The van der Waals surface area contributed by atoms with E-state index in [-0.39, 0.29) is 6.29 Å². The first-order valence-electron chi connectivity index (χ1n) is 3.79. The maximum absolute atomic E-state index is 10.5. The van der Waals surface area contributed by atoms with E-state index in [0.717, 1.165) is 12.2 Å². The minimum Gasteiger partial charge on any atom is -0.326 e. The number of rotatable bonds is 3. The number of allylic oxidation sites excluding steroid dienone is 1. The summed E-state index contributed by atoms with van der Waals surface area (Å²) in [5, 5.41) is 30.2. The minimum absolute atomic E-state index is 0.0931. The lowest BCUT2D eigenvalue weighted by Crippen LogP contribution is -2.45. The molecule has 1 N–H and O–H groups in total. The second kappa shape index (κ2) is 3.58. The third kappa shape index (κ3) is 1.74. The maximum atomic E-state index is 10.5. The largest absolute Gasteiger partial charge is 0.355 e. The van der Waals surface area contributed by atoms with Crippen molar-refractivity contribution < 1.29 is 19.7 Å². The Balaban J connectivity index is 3.14. The zero-order valence-electron chi connectivity index (χ0n) is 7.27. The lowest BCUT2D eigenvalue weighted by molar-refractivity contribution is -0.613. The molecule has 2 unspecified atom stereocenters. The van der Waals surface area contributed by atoms with Gasteiger partial charge in [-0.25, -0.2) is 0 Å². The van der Waals surface area contributed by atoms with E-state index in [9.17, 15) is 30.1 Å². The van der Waals surface area contributed by atoms with E-state index in [1.807, 2.05) is 0 Å². The topological polar surface area (TPSA) is 124 Å². The van der Waals surface area contributed by atoms with Crippen LogP contribution in [-0.2, 0) is 4.79 Å². The normalized spacial score (nSPS) is 29.4. The molecule has 0 aromatic rings. The van der Waals surface area contributed by atoms with Gasteiger partial charge in [0.1, 0.15) is 12.2 Å². The summed E-state index contributed by atoms with van der Waals surface area (Å²) >= 11 is 0. The van der Waals surface area contributed by atoms with Crippen molar-refractivity contribution in [3.63, 3.8) is 0 Å². The van der Waals surface area contributed by atoms with Crippen LogP contribution in [0.3, 0.4) is 0 Å². The van der Waals surface area contributed by atoms with Crippen molar-refractivity contribution in [3.05, 3.63) is 44.2 Å². The van der Waals surface area contributed by atoms with Crippen molar-refractivity contribution in [2.75, 3.05) is 0 Å². The number of carbonyl (C=O) groups excluding carboxylic acids is 1. The minimum atomic E-state index is -2.60. The summed E-state index contributed by atoms with van der Waals surface area (Å²) in [4.78, 5) is 29.4. The zero-order chi connectivity index (χ0) is 11.6. The van der Waals surface area contributed by atoms with Crippen molar-refractivity contribution in [3.8, 4) is 0 Å². The van der Waals surface area contributed by atoms with Crippen molar-refractivity contribution >= 4 is 6.29 Å². The van der Waals surface area contributed by atoms with Gasteiger partial charge in [-0.05, 0) is 0 Å². The summed E-state index contributed by atoms with van der Waals surface area (Å²) in [5.74, 6) is -1.56. The Morgan fingerprint density at radius 3 is 2.47 bits per heavy atom. The standard InChI is InChI=1S/C7H6N2O6/c10-4-5-3-6(8(12)13)1-2-7(5,11)9(14)15/h1-5,11H. The smallest absolute Gasteiger partial charge is 0.326 e. The third-order valence-electron chi connectivity index (χ3n) is 1.99. The van der Waals surface area contributed by atoms with Crippen LogP contribution in [0.5, 0.6) is 0 Å². The highest BCUT2D eigenvalue weighted by molar-refractivity contribution is 5.60. The molecule has 0 aromatic carbocycles. The molecule has 0 saturated carbocycles. The third-order valence-corrected chi connectivity index (χ3v) is 1.99.